The third-order valence-electron chi connectivity index (χ3n) is 3.28. The molecule has 0 aliphatic carbocycles. The molecule has 16 heavy (non-hydrogen) atoms. The van der Waals surface area contributed by atoms with E-state index in [0.29, 0.717) is 5.92 Å². The zero-order chi connectivity index (χ0) is 12.8. The molecule has 0 saturated carbocycles. The molecule has 2 unspecified atom stereocenters. The van der Waals surface area contributed by atoms with Crippen LogP contribution in [-0.4, -0.2) is 18.8 Å². The average molecular weight is 230 g/mol. The van der Waals surface area contributed by atoms with Crippen molar-refractivity contribution in [3.05, 3.63) is 0 Å². The maximum Gasteiger partial charge on any atom is 0.0792 e. The van der Waals surface area contributed by atoms with Crippen molar-refractivity contribution >= 4 is 0 Å². The standard InChI is InChI=1S/C13H30N2O/c1-7-10(8-2)11(15-14)12(16-9-3)13(4,5)6/h10-12,15H,7-9,14H2,1-6H3. The summed E-state index contributed by atoms with van der Waals surface area (Å²) in [4.78, 5) is 0. The number of nitrogens with one attached hydrogen (secondary N) is 1. The van der Waals surface area contributed by atoms with E-state index in [2.05, 4.69) is 40.0 Å². The number of nitrogens with two attached hydrogens (primary N) is 1. The molecular formula is C13H30N2O. The second-order valence-electron chi connectivity index (χ2n) is 5.51. The van der Waals surface area contributed by atoms with Gasteiger partial charge >= 0.3 is 0 Å². The van der Waals surface area contributed by atoms with E-state index in [0.717, 1.165) is 19.4 Å². The Balaban J connectivity index is 4.83. The molecule has 0 radical (unpaired) electrons. The molecule has 0 aromatic rings. The van der Waals surface area contributed by atoms with Crippen molar-refractivity contribution < 1.29 is 4.74 Å². The van der Waals surface area contributed by atoms with Gasteiger partial charge in [0, 0.05) is 6.61 Å². The molecule has 0 amide bonds. The van der Waals surface area contributed by atoms with Crippen molar-refractivity contribution in [1.29, 1.82) is 0 Å². The smallest absolute Gasteiger partial charge is 0.0792 e. The first kappa shape index (κ1) is 15.9. The SMILES string of the molecule is CCOC(C(NN)C(CC)CC)C(C)(C)C. The van der Waals surface area contributed by atoms with Crippen molar-refractivity contribution in [3.63, 3.8) is 0 Å². The molecule has 0 aliphatic rings. The first-order chi connectivity index (χ1) is 7.42. The van der Waals surface area contributed by atoms with Crippen LogP contribution in [0.4, 0.5) is 0 Å². The largest absolute Gasteiger partial charge is 0.376 e. The van der Waals surface area contributed by atoms with Gasteiger partial charge in [0.1, 0.15) is 0 Å². The molecule has 3 nitrogen and oxygen atoms in total. The molecule has 0 saturated heterocycles. The highest BCUT2D eigenvalue weighted by molar-refractivity contribution is 4.89. The molecule has 0 rings (SSSR count). The zero-order valence-electron chi connectivity index (χ0n) is 11.8. The molecule has 0 fully saturated rings. The Bertz CT molecular complexity index is 173. The summed E-state index contributed by atoms with van der Waals surface area (Å²) in [5, 5.41) is 0. The Kier molecular flexibility index (Phi) is 7.20. The van der Waals surface area contributed by atoms with Gasteiger partial charge in [-0.05, 0) is 18.3 Å². The summed E-state index contributed by atoms with van der Waals surface area (Å²) < 4.78 is 5.90. The van der Waals surface area contributed by atoms with Gasteiger partial charge in [0.15, 0.2) is 0 Å². The predicted molar refractivity (Wildman–Crippen MR) is 70.1 cm³/mol. The molecule has 98 valence electrons. The highest BCUT2D eigenvalue weighted by atomic mass is 16.5. The van der Waals surface area contributed by atoms with Gasteiger partial charge in [-0.1, -0.05) is 47.5 Å². The fourth-order valence-electron chi connectivity index (χ4n) is 2.34. The predicted octanol–water partition coefficient (Wildman–Crippen LogP) is 2.71. The van der Waals surface area contributed by atoms with E-state index >= 15 is 0 Å². The summed E-state index contributed by atoms with van der Waals surface area (Å²) in [6.07, 6.45) is 2.42. The van der Waals surface area contributed by atoms with E-state index in [-0.39, 0.29) is 17.6 Å². The number of hydrazine groups is 1. The van der Waals surface area contributed by atoms with Gasteiger partial charge in [-0.15, -0.1) is 0 Å². The molecule has 0 heterocycles. The van der Waals surface area contributed by atoms with Crippen molar-refractivity contribution in [2.45, 2.75) is 66.5 Å². The topological polar surface area (TPSA) is 47.3 Å². The van der Waals surface area contributed by atoms with E-state index in [1.54, 1.807) is 0 Å². The highest BCUT2D eigenvalue weighted by Gasteiger charge is 2.35. The summed E-state index contributed by atoms with van der Waals surface area (Å²) in [6, 6.07) is 0.231. The maximum absolute atomic E-state index is 5.90. The van der Waals surface area contributed by atoms with Crippen LogP contribution in [0, 0.1) is 11.3 Å². The Morgan fingerprint density at radius 3 is 1.88 bits per heavy atom. The molecule has 0 aliphatic heterocycles. The van der Waals surface area contributed by atoms with Crippen LogP contribution in [0.5, 0.6) is 0 Å². The van der Waals surface area contributed by atoms with Crippen LogP contribution in [0.1, 0.15) is 54.4 Å². The second kappa shape index (κ2) is 7.25. The third-order valence-corrected chi connectivity index (χ3v) is 3.28. The fourth-order valence-corrected chi connectivity index (χ4v) is 2.34. The van der Waals surface area contributed by atoms with Crippen LogP contribution in [0.15, 0.2) is 0 Å². The van der Waals surface area contributed by atoms with Crippen molar-refractivity contribution in [2.24, 2.45) is 17.2 Å². The zero-order valence-corrected chi connectivity index (χ0v) is 11.8. The first-order valence-electron chi connectivity index (χ1n) is 6.49. The minimum absolute atomic E-state index is 0.107. The fraction of sp³-hybridized carbons (Fsp3) is 1.00. The van der Waals surface area contributed by atoms with Crippen LogP contribution in [0.25, 0.3) is 0 Å². The minimum Gasteiger partial charge on any atom is -0.376 e. The average Bonchev–Trinajstić information content (AvgIpc) is 2.21. The monoisotopic (exact) mass is 230 g/mol. The van der Waals surface area contributed by atoms with E-state index < -0.39 is 0 Å². The lowest BCUT2D eigenvalue weighted by molar-refractivity contribution is -0.0499. The molecule has 2 atom stereocenters. The first-order valence-corrected chi connectivity index (χ1v) is 6.49. The molecular weight excluding hydrogens is 200 g/mol. The summed E-state index contributed by atoms with van der Waals surface area (Å²) >= 11 is 0. The molecule has 0 bridgehead atoms. The van der Waals surface area contributed by atoms with Crippen LogP contribution < -0.4 is 11.3 Å². The number of hydrogen-bond acceptors (Lipinski definition) is 3. The van der Waals surface area contributed by atoms with Gasteiger partial charge in [-0.2, -0.15) is 0 Å². The Morgan fingerprint density at radius 1 is 1.12 bits per heavy atom. The molecule has 3 heteroatoms. The van der Waals surface area contributed by atoms with E-state index in [9.17, 15) is 0 Å². The van der Waals surface area contributed by atoms with Crippen molar-refractivity contribution in [3.8, 4) is 0 Å². The lowest BCUT2D eigenvalue weighted by Crippen LogP contribution is -2.54. The minimum atomic E-state index is 0.107. The summed E-state index contributed by atoms with van der Waals surface area (Å²) in [6.45, 7) is 13.8. The maximum atomic E-state index is 5.90. The summed E-state index contributed by atoms with van der Waals surface area (Å²) in [5.74, 6) is 6.29. The van der Waals surface area contributed by atoms with Gasteiger partial charge in [0.25, 0.3) is 0 Å². The van der Waals surface area contributed by atoms with Crippen LogP contribution in [-0.2, 0) is 4.74 Å². The highest BCUT2D eigenvalue weighted by Crippen LogP contribution is 2.30. The van der Waals surface area contributed by atoms with E-state index in [4.69, 9.17) is 10.6 Å². The number of rotatable bonds is 7. The Morgan fingerprint density at radius 2 is 1.62 bits per heavy atom. The quantitative estimate of drug-likeness (QED) is 0.522. The lowest BCUT2D eigenvalue weighted by atomic mass is 9.78. The van der Waals surface area contributed by atoms with E-state index in [1.165, 1.54) is 0 Å². The second-order valence-corrected chi connectivity index (χ2v) is 5.51. The lowest BCUT2D eigenvalue weighted by Gasteiger charge is -2.39. The Hall–Kier alpha value is -0.120. The third kappa shape index (κ3) is 4.40. The Labute approximate surface area is 101 Å². The molecule has 0 spiro atoms. The van der Waals surface area contributed by atoms with Crippen LogP contribution in [0.2, 0.25) is 0 Å². The number of hydrogen-bond donors (Lipinski definition) is 2. The van der Waals surface area contributed by atoms with Gasteiger partial charge < -0.3 is 4.74 Å². The van der Waals surface area contributed by atoms with Crippen LogP contribution in [0.3, 0.4) is 0 Å². The molecule has 3 N–H and O–H groups in total. The van der Waals surface area contributed by atoms with Gasteiger partial charge in [0.05, 0.1) is 12.1 Å². The van der Waals surface area contributed by atoms with Gasteiger partial charge in [0.2, 0.25) is 0 Å². The van der Waals surface area contributed by atoms with Gasteiger partial charge in [-0.25, -0.2) is 0 Å². The van der Waals surface area contributed by atoms with E-state index in [1.807, 2.05) is 6.92 Å². The van der Waals surface area contributed by atoms with Gasteiger partial charge in [-0.3, -0.25) is 11.3 Å². The molecule has 0 aromatic carbocycles. The number of ether oxygens (including phenoxy) is 1. The summed E-state index contributed by atoms with van der Waals surface area (Å²) in [5.41, 5.74) is 3.08. The van der Waals surface area contributed by atoms with Crippen molar-refractivity contribution in [1.82, 2.24) is 5.43 Å². The van der Waals surface area contributed by atoms with Crippen molar-refractivity contribution in [2.75, 3.05) is 6.61 Å². The van der Waals surface area contributed by atoms with Crippen LogP contribution >= 0.6 is 0 Å². The normalized spacial score (nSPS) is 16.5. The molecule has 0 aromatic heterocycles. The summed E-state index contributed by atoms with van der Waals surface area (Å²) in [7, 11) is 0.